The van der Waals surface area contributed by atoms with Crippen molar-refractivity contribution in [1.82, 2.24) is 0 Å². The first-order chi connectivity index (χ1) is 15.2. The summed E-state index contributed by atoms with van der Waals surface area (Å²) in [6.45, 7) is -0.635. The van der Waals surface area contributed by atoms with Gasteiger partial charge >= 0.3 is 0 Å². The zero-order chi connectivity index (χ0) is 23.2. The minimum Gasteiger partial charge on any atom is -0.508 e. The molecular formula is C21H24O11. The van der Waals surface area contributed by atoms with E-state index in [9.17, 15) is 40.9 Å². The number of aliphatic hydroxyl groups excluding tert-OH is 4. The molecule has 2 aliphatic heterocycles. The quantitative estimate of drug-likeness (QED) is 0.276. The number of hydrogen-bond donors (Lipinski definition) is 8. The van der Waals surface area contributed by atoms with Crippen LogP contribution in [-0.2, 0) is 15.9 Å². The smallest absolute Gasteiger partial charge is 0.187 e. The van der Waals surface area contributed by atoms with E-state index in [4.69, 9.17) is 14.2 Å². The van der Waals surface area contributed by atoms with Gasteiger partial charge in [0.1, 0.15) is 47.8 Å². The molecule has 7 atom stereocenters. The highest BCUT2D eigenvalue weighted by molar-refractivity contribution is 5.52. The molecule has 2 aromatic carbocycles. The van der Waals surface area contributed by atoms with Crippen molar-refractivity contribution in [3.05, 3.63) is 41.5 Å². The maximum atomic E-state index is 10.3. The third-order valence-corrected chi connectivity index (χ3v) is 5.65. The fourth-order valence-corrected chi connectivity index (χ4v) is 3.92. The van der Waals surface area contributed by atoms with Crippen LogP contribution in [0.5, 0.6) is 28.7 Å². The summed E-state index contributed by atoms with van der Waals surface area (Å²) in [5.74, 6) is -1.10. The van der Waals surface area contributed by atoms with Gasteiger partial charge in [0.25, 0.3) is 0 Å². The zero-order valence-corrected chi connectivity index (χ0v) is 16.6. The van der Waals surface area contributed by atoms with Crippen molar-refractivity contribution in [3.8, 4) is 28.7 Å². The molecule has 0 amide bonds. The van der Waals surface area contributed by atoms with Crippen LogP contribution in [0.15, 0.2) is 30.3 Å². The zero-order valence-electron chi connectivity index (χ0n) is 16.6. The van der Waals surface area contributed by atoms with Crippen molar-refractivity contribution >= 4 is 0 Å². The van der Waals surface area contributed by atoms with Crippen LogP contribution in [0, 0.1) is 0 Å². The minimum atomic E-state index is -1.66. The van der Waals surface area contributed by atoms with E-state index in [2.05, 4.69) is 0 Å². The lowest BCUT2D eigenvalue weighted by atomic mass is 9.93. The van der Waals surface area contributed by atoms with Gasteiger partial charge in [-0.05, 0) is 17.7 Å². The lowest BCUT2D eigenvalue weighted by molar-refractivity contribution is -0.317. The van der Waals surface area contributed by atoms with Crippen LogP contribution in [0.25, 0.3) is 0 Å². The lowest BCUT2D eigenvalue weighted by Gasteiger charge is -2.43. The van der Waals surface area contributed by atoms with Crippen LogP contribution >= 0.6 is 0 Å². The molecule has 32 heavy (non-hydrogen) atoms. The molecule has 8 N–H and O–H groups in total. The van der Waals surface area contributed by atoms with Crippen molar-refractivity contribution in [3.63, 3.8) is 0 Å². The molecule has 0 spiro atoms. The summed E-state index contributed by atoms with van der Waals surface area (Å²) in [6, 6.07) is 6.38. The van der Waals surface area contributed by atoms with Gasteiger partial charge in [-0.2, -0.15) is 0 Å². The Hall–Kier alpha value is -2.80. The van der Waals surface area contributed by atoms with Crippen LogP contribution in [0.3, 0.4) is 0 Å². The summed E-state index contributed by atoms with van der Waals surface area (Å²) in [5.41, 5.74) is 0.667. The molecule has 1 fully saturated rings. The van der Waals surface area contributed by atoms with Crippen molar-refractivity contribution < 1.29 is 55.1 Å². The standard InChI is InChI=1S/C21H24O11/c22-7-16-17(27)18(28)19(29)21(32-16)31-15-6-10-12(25)4-9(23)5-14(10)30-20(15)8-1-2-11(24)13(26)3-8/h1-5,15-29H,6-7H2/t15-,16+,17+,18+,19+,20+,21+/m0/s1. The second kappa shape index (κ2) is 8.62. The largest absolute Gasteiger partial charge is 0.508 e. The molecule has 174 valence electrons. The number of hydrogen-bond acceptors (Lipinski definition) is 11. The molecule has 0 aromatic heterocycles. The first kappa shape index (κ1) is 22.4. The monoisotopic (exact) mass is 452 g/mol. The van der Waals surface area contributed by atoms with E-state index in [0.29, 0.717) is 11.1 Å². The number of phenolic OH excluding ortho intramolecular Hbond substituents is 4. The van der Waals surface area contributed by atoms with Crippen LogP contribution in [0.4, 0.5) is 0 Å². The van der Waals surface area contributed by atoms with Crippen molar-refractivity contribution in [1.29, 1.82) is 0 Å². The molecule has 2 aliphatic rings. The van der Waals surface area contributed by atoms with Gasteiger partial charge in [0, 0.05) is 24.1 Å². The second-order valence-corrected chi connectivity index (χ2v) is 7.80. The van der Waals surface area contributed by atoms with Gasteiger partial charge in [0.05, 0.1) is 6.61 Å². The Morgan fingerprint density at radius 2 is 1.62 bits per heavy atom. The number of phenols is 4. The third-order valence-electron chi connectivity index (χ3n) is 5.65. The number of aliphatic hydroxyl groups is 4. The van der Waals surface area contributed by atoms with Gasteiger partial charge in [-0.3, -0.25) is 0 Å². The Morgan fingerprint density at radius 1 is 0.875 bits per heavy atom. The molecule has 1 saturated heterocycles. The van der Waals surface area contributed by atoms with E-state index in [-0.39, 0.29) is 29.4 Å². The highest BCUT2D eigenvalue weighted by atomic mass is 16.7. The fourth-order valence-electron chi connectivity index (χ4n) is 3.92. The van der Waals surface area contributed by atoms with E-state index in [1.54, 1.807) is 0 Å². The van der Waals surface area contributed by atoms with E-state index >= 15 is 0 Å². The molecule has 2 heterocycles. The van der Waals surface area contributed by atoms with Gasteiger partial charge in [0.15, 0.2) is 23.9 Å². The Balaban J connectivity index is 1.68. The third kappa shape index (κ3) is 4.01. The van der Waals surface area contributed by atoms with Crippen molar-refractivity contribution in [2.24, 2.45) is 0 Å². The Kier molecular flexibility index (Phi) is 6.03. The number of ether oxygens (including phenoxy) is 3. The summed E-state index contributed by atoms with van der Waals surface area (Å²) in [4.78, 5) is 0. The average Bonchev–Trinajstić information content (AvgIpc) is 2.76. The summed E-state index contributed by atoms with van der Waals surface area (Å²) in [5, 5.41) is 79.4. The van der Waals surface area contributed by atoms with E-state index in [1.807, 2.05) is 0 Å². The van der Waals surface area contributed by atoms with Crippen LogP contribution in [0.1, 0.15) is 17.2 Å². The second-order valence-electron chi connectivity index (χ2n) is 7.80. The lowest BCUT2D eigenvalue weighted by Crippen LogP contribution is -2.60. The molecule has 4 rings (SSSR count). The maximum Gasteiger partial charge on any atom is 0.187 e. The van der Waals surface area contributed by atoms with Gasteiger partial charge in [-0.25, -0.2) is 0 Å². The summed E-state index contributed by atoms with van der Waals surface area (Å²) in [6.07, 6.45) is -9.41. The average molecular weight is 452 g/mol. The SMILES string of the molecule is OC[C@H]1O[C@@H](O[C@H]2Cc3c(O)cc(O)cc3O[C@@H]2c2ccc(O)c(O)c2)[C@H](O)[C@H](O)[C@@H]1O. The van der Waals surface area contributed by atoms with Crippen molar-refractivity contribution in [2.75, 3.05) is 6.61 Å². The molecule has 0 aliphatic carbocycles. The molecule has 0 unspecified atom stereocenters. The van der Waals surface area contributed by atoms with E-state index in [0.717, 1.165) is 6.07 Å². The first-order valence-electron chi connectivity index (χ1n) is 9.89. The molecule has 0 saturated carbocycles. The summed E-state index contributed by atoms with van der Waals surface area (Å²) < 4.78 is 17.2. The highest BCUT2D eigenvalue weighted by Gasteiger charge is 2.46. The minimum absolute atomic E-state index is 0.0166. The molecule has 11 nitrogen and oxygen atoms in total. The first-order valence-corrected chi connectivity index (χ1v) is 9.89. The van der Waals surface area contributed by atoms with Crippen LogP contribution in [-0.4, -0.2) is 84.3 Å². The summed E-state index contributed by atoms with van der Waals surface area (Å²) in [7, 11) is 0. The predicted octanol–water partition coefficient (Wildman–Crippen LogP) is -0.630. The van der Waals surface area contributed by atoms with Crippen molar-refractivity contribution in [2.45, 2.75) is 49.3 Å². The molecule has 11 heteroatoms. The van der Waals surface area contributed by atoms with Gasteiger partial charge in [0.2, 0.25) is 0 Å². The Labute approximate surface area is 181 Å². The topological polar surface area (TPSA) is 190 Å². The molecular weight excluding hydrogens is 428 g/mol. The molecule has 0 bridgehead atoms. The van der Waals surface area contributed by atoms with Gasteiger partial charge in [-0.15, -0.1) is 0 Å². The van der Waals surface area contributed by atoms with Crippen LogP contribution < -0.4 is 4.74 Å². The number of rotatable bonds is 4. The highest BCUT2D eigenvalue weighted by Crippen LogP contribution is 2.44. The van der Waals surface area contributed by atoms with Gasteiger partial charge in [-0.1, -0.05) is 6.07 Å². The fraction of sp³-hybridized carbons (Fsp3) is 0.429. The molecule has 0 radical (unpaired) electrons. The Morgan fingerprint density at radius 3 is 2.31 bits per heavy atom. The normalized spacial score (nSPS) is 32.2. The number of aromatic hydroxyl groups is 4. The Bertz CT molecular complexity index is 978. The summed E-state index contributed by atoms with van der Waals surface area (Å²) >= 11 is 0. The molecule has 2 aromatic rings. The maximum absolute atomic E-state index is 10.3. The number of benzene rings is 2. The van der Waals surface area contributed by atoms with E-state index < -0.39 is 55.3 Å². The van der Waals surface area contributed by atoms with E-state index in [1.165, 1.54) is 24.3 Å². The predicted molar refractivity (Wildman–Crippen MR) is 105 cm³/mol. The van der Waals surface area contributed by atoms with Crippen LogP contribution in [0.2, 0.25) is 0 Å². The number of fused-ring (bicyclic) bond motifs is 1. The van der Waals surface area contributed by atoms with Gasteiger partial charge < -0.3 is 55.1 Å².